The second-order valence-electron chi connectivity index (χ2n) is 4.03. The summed E-state index contributed by atoms with van der Waals surface area (Å²) < 4.78 is 0. The van der Waals surface area contributed by atoms with Crippen LogP contribution in [0.4, 0.5) is 5.69 Å². The van der Waals surface area contributed by atoms with Gasteiger partial charge in [-0.25, -0.2) is 0 Å². The molecule has 0 unspecified atom stereocenters. The second-order valence-corrected chi connectivity index (χ2v) is 5.28. The number of aryl methyl sites for hydroxylation is 1. The van der Waals surface area contributed by atoms with Crippen molar-refractivity contribution in [1.29, 1.82) is 0 Å². The van der Waals surface area contributed by atoms with Gasteiger partial charge in [0.15, 0.2) is 0 Å². The fourth-order valence-corrected chi connectivity index (χ4v) is 2.47. The number of halogens is 3. The van der Waals surface area contributed by atoms with Crippen molar-refractivity contribution in [3.63, 3.8) is 0 Å². The summed E-state index contributed by atoms with van der Waals surface area (Å²) in [5.41, 5.74) is 5.53. The Kier molecular flexibility index (Phi) is 4.70. The number of nitrogens with one attached hydrogen (secondary N) is 1. The van der Waals surface area contributed by atoms with E-state index in [0.29, 0.717) is 20.8 Å². The Balaban J connectivity index is 2.15. The molecule has 0 saturated heterocycles. The zero-order chi connectivity index (χ0) is 13.8. The lowest BCUT2D eigenvalue weighted by molar-refractivity contribution is 1.35. The smallest absolute Gasteiger partial charge is 0.0935 e. The molecule has 0 spiro atoms. The maximum atomic E-state index is 6.04. The molecule has 0 aromatic heterocycles. The molecule has 0 aliphatic heterocycles. The standard InChI is InChI=1S/C14H11Cl3N2/c1-9-3-2-4-10(5-9)8-18-19-14-12(16)6-11(15)7-13(14)17/h2-8,19H,1H3. The second kappa shape index (κ2) is 6.29. The van der Waals surface area contributed by atoms with Crippen LogP contribution in [0.15, 0.2) is 41.5 Å². The normalized spacial score (nSPS) is 10.9. The van der Waals surface area contributed by atoms with Gasteiger partial charge in [-0.1, -0.05) is 64.6 Å². The average molecular weight is 314 g/mol. The lowest BCUT2D eigenvalue weighted by Crippen LogP contribution is -1.93. The van der Waals surface area contributed by atoms with Gasteiger partial charge in [-0.15, -0.1) is 0 Å². The first-order valence-corrected chi connectivity index (χ1v) is 6.70. The van der Waals surface area contributed by atoms with Crippen molar-refractivity contribution in [2.24, 2.45) is 5.10 Å². The highest BCUT2D eigenvalue weighted by Crippen LogP contribution is 2.33. The molecule has 2 rings (SSSR count). The summed E-state index contributed by atoms with van der Waals surface area (Å²) in [5.74, 6) is 0. The first kappa shape index (κ1) is 14.2. The molecule has 0 aliphatic carbocycles. The molecule has 1 N–H and O–H groups in total. The molecule has 0 fully saturated rings. The molecule has 0 bridgehead atoms. The largest absolute Gasteiger partial charge is 0.275 e. The monoisotopic (exact) mass is 312 g/mol. The lowest BCUT2D eigenvalue weighted by Gasteiger charge is -2.06. The van der Waals surface area contributed by atoms with E-state index >= 15 is 0 Å². The van der Waals surface area contributed by atoms with Crippen LogP contribution in [0.3, 0.4) is 0 Å². The lowest BCUT2D eigenvalue weighted by atomic mass is 10.2. The highest BCUT2D eigenvalue weighted by molar-refractivity contribution is 6.41. The van der Waals surface area contributed by atoms with E-state index in [0.717, 1.165) is 5.56 Å². The van der Waals surface area contributed by atoms with E-state index in [1.54, 1.807) is 18.3 Å². The highest BCUT2D eigenvalue weighted by atomic mass is 35.5. The number of hydrogen-bond donors (Lipinski definition) is 1. The third-order valence-corrected chi connectivity index (χ3v) is 3.25. The number of anilines is 1. The summed E-state index contributed by atoms with van der Waals surface area (Å²) in [4.78, 5) is 0. The Morgan fingerprint density at radius 1 is 1.05 bits per heavy atom. The quantitative estimate of drug-likeness (QED) is 0.595. The maximum Gasteiger partial charge on any atom is 0.0935 e. The average Bonchev–Trinajstić information content (AvgIpc) is 2.32. The Morgan fingerprint density at radius 3 is 2.37 bits per heavy atom. The zero-order valence-corrected chi connectivity index (χ0v) is 12.4. The highest BCUT2D eigenvalue weighted by Gasteiger charge is 2.06. The van der Waals surface area contributed by atoms with E-state index in [1.807, 2.05) is 31.2 Å². The summed E-state index contributed by atoms with van der Waals surface area (Å²) in [6.45, 7) is 2.03. The number of nitrogens with zero attached hydrogens (tertiary/aromatic N) is 1. The van der Waals surface area contributed by atoms with Crippen LogP contribution < -0.4 is 5.43 Å². The van der Waals surface area contributed by atoms with Gasteiger partial charge in [-0.05, 0) is 24.6 Å². The van der Waals surface area contributed by atoms with Crippen LogP contribution in [-0.4, -0.2) is 6.21 Å². The molecule has 2 aromatic rings. The van der Waals surface area contributed by atoms with Crippen LogP contribution >= 0.6 is 34.8 Å². The topological polar surface area (TPSA) is 24.4 Å². The number of benzene rings is 2. The molecule has 2 nitrogen and oxygen atoms in total. The van der Waals surface area contributed by atoms with Crippen LogP contribution in [0.25, 0.3) is 0 Å². The van der Waals surface area contributed by atoms with E-state index < -0.39 is 0 Å². The van der Waals surface area contributed by atoms with Crippen LogP contribution in [0.1, 0.15) is 11.1 Å². The number of rotatable bonds is 3. The minimum Gasteiger partial charge on any atom is -0.275 e. The van der Waals surface area contributed by atoms with Gasteiger partial charge < -0.3 is 0 Å². The van der Waals surface area contributed by atoms with Gasteiger partial charge in [-0.3, -0.25) is 5.43 Å². The Hall–Kier alpha value is -1.22. The number of hydrazone groups is 1. The molecular weight excluding hydrogens is 303 g/mol. The molecule has 5 heteroatoms. The van der Waals surface area contributed by atoms with Gasteiger partial charge in [0.1, 0.15) is 0 Å². The molecule has 0 aliphatic rings. The van der Waals surface area contributed by atoms with Gasteiger partial charge in [0.05, 0.1) is 21.9 Å². The molecule has 0 heterocycles. The van der Waals surface area contributed by atoms with Gasteiger partial charge in [-0.2, -0.15) is 5.10 Å². The van der Waals surface area contributed by atoms with E-state index in [1.165, 1.54) is 5.56 Å². The van der Waals surface area contributed by atoms with Crippen molar-refractivity contribution in [1.82, 2.24) is 0 Å². The first-order valence-electron chi connectivity index (χ1n) is 5.56. The van der Waals surface area contributed by atoms with Crippen molar-refractivity contribution in [2.45, 2.75) is 6.92 Å². The van der Waals surface area contributed by atoms with Crippen molar-refractivity contribution >= 4 is 46.7 Å². The number of hydrogen-bond acceptors (Lipinski definition) is 2. The molecule has 0 radical (unpaired) electrons. The van der Waals surface area contributed by atoms with Gasteiger partial charge in [0.25, 0.3) is 0 Å². The molecule has 0 atom stereocenters. The summed E-state index contributed by atoms with van der Waals surface area (Å²) in [5, 5.41) is 5.47. The minimum absolute atomic E-state index is 0.430. The SMILES string of the molecule is Cc1cccc(C=NNc2c(Cl)cc(Cl)cc2Cl)c1. The summed E-state index contributed by atoms with van der Waals surface area (Å²) in [7, 11) is 0. The fraction of sp³-hybridized carbons (Fsp3) is 0.0714. The Morgan fingerprint density at radius 2 is 1.74 bits per heavy atom. The summed E-state index contributed by atoms with van der Waals surface area (Å²) >= 11 is 17.9. The first-order chi connectivity index (χ1) is 9.06. The summed E-state index contributed by atoms with van der Waals surface area (Å²) in [6, 6.07) is 11.2. The predicted octanol–water partition coefficient (Wildman–Crippen LogP) is 5.40. The Bertz CT molecular complexity index is 601. The predicted molar refractivity (Wildman–Crippen MR) is 83.9 cm³/mol. The Labute approximate surface area is 127 Å². The van der Waals surface area contributed by atoms with E-state index in [9.17, 15) is 0 Å². The molecule has 2 aromatic carbocycles. The minimum atomic E-state index is 0.430. The molecule has 19 heavy (non-hydrogen) atoms. The molecule has 98 valence electrons. The van der Waals surface area contributed by atoms with Crippen LogP contribution in [-0.2, 0) is 0 Å². The fourth-order valence-electron chi connectivity index (χ4n) is 1.57. The summed E-state index contributed by atoms with van der Waals surface area (Å²) in [6.07, 6.45) is 1.70. The maximum absolute atomic E-state index is 6.04. The molecule has 0 amide bonds. The van der Waals surface area contributed by atoms with Gasteiger partial charge in [0.2, 0.25) is 0 Å². The third-order valence-electron chi connectivity index (χ3n) is 2.44. The van der Waals surface area contributed by atoms with Crippen molar-refractivity contribution in [3.05, 3.63) is 62.6 Å². The van der Waals surface area contributed by atoms with Crippen LogP contribution in [0, 0.1) is 6.92 Å². The van der Waals surface area contributed by atoms with Gasteiger partial charge in [0, 0.05) is 5.02 Å². The van der Waals surface area contributed by atoms with E-state index in [2.05, 4.69) is 10.5 Å². The van der Waals surface area contributed by atoms with Gasteiger partial charge >= 0.3 is 0 Å². The van der Waals surface area contributed by atoms with Crippen LogP contribution in [0.5, 0.6) is 0 Å². The van der Waals surface area contributed by atoms with Crippen molar-refractivity contribution in [2.75, 3.05) is 5.43 Å². The van der Waals surface area contributed by atoms with Crippen LogP contribution in [0.2, 0.25) is 15.1 Å². The van der Waals surface area contributed by atoms with Crippen molar-refractivity contribution in [3.8, 4) is 0 Å². The zero-order valence-electron chi connectivity index (χ0n) is 10.1. The third kappa shape index (κ3) is 3.87. The van der Waals surface area contributed by atoms with E-state index in [4.69, 9.17) is 34.8 Å². The molecule has 0 saturated carbocycles. The van der Waals surface area contributed by atoms with Crippen molar-refractivity contribution < 1.29 is 0 Å². The molecular formula is C14H11Cl3N2. The van der Waals surface area contributed by atoms with E-state index in [-0.39, 0.29) is 0 Å².